The molecule has 0 saturated heterocycles. The lowest BCUT2D eigenvalue weighted by Gasteiger charge is -2.21. The van der Waals surface area contributed by atoms with E-state index in [0.29, 0.717) is 17.5 Å². The zero-order valence-corrected chi connectivity index (χ0v) is 36.1. The quantitative estimate of drug-likeness (QED) is 0.173. The third-order valence-electron chi connectivity index (χ3n) is 13.9. The van der Waals surface area contributed by atoms with Crippen molar-refractivity contribution in [2.45, 2.75) is 19.3 Å². The van der Waals surface area contributed by atoms with E-state index in [4.69, 9.17) is 23.8 Å². The summed E-state index contributed by atoms with van der Waals surface area (Å²) in [6.07, 6.45) is 0. The smallest absolute Gasteiger partial charge is 0.164 e. The Morgan fingerprint density at radius 2 is 0.970 bits per heavy atom. The van der Waals surface area contributed by atoms with E-state index >= 15 is 0 Å². The van der Waals surface area contributed by atoms with Gasteiger partial charge in [0.05, 0.1) is 11.0 Å². The van der Waals surface area contributed by atoms with Gasteiger partial charge in [-0.2, -0.15) is 0 Å². The second-order valence-electron chi connectivity index (χ2n) is 17.9. The number of fused-ring (bicyclic) bond motifs is 12. The molecule has 1 aliphatic rings. The molecular weight excluding hydrogens is 809 g/mol. The predicted octanol–water partition coefficient (Wildman–Crippen LogP) is 15.7. The second kappa shape index (κ2) is 13.7. The molecule has 0 amide bonds. The fourth-order valence-corrected chi connectivity index (χ4v) is 10.8. The predicted molar refractivity (Wildman–Crippen MR) is 268 cm³/mol. The van der Waals surface area contributed by atoms with Crippen LogP contribution in [0.1, 0.15) is 25.0 Å². The van der Waals surface area contributed by atoms with Crippen LogP contribution >= 0.6 is 0 Å². The van der Waals surface area contributed by atoms with Crippen molar-refractivity contribution in [3.05, 3.63) is 205 Å². The minimum atomic E-state index is -0.164. The summed E-state index contributed by atoms with van der Waals surface area (Å²) in [7, 11) is 0. The van der Waals surface area contributed by atoms with Crippen LogP contribution in [0.3, 0.4) is 0 Å². The lowest BCUT2D eigenvalue weighted by atomic mass is 9.82. The molecule has 0 atom stereocenters. The molecule has 14 rings (SSSR count). The molecule has 0 saturated carbocycles. The number of aromatic nitrogens is 4. The summed E-state index contributed by atoms with van der Waals surface area (Å²) in [6.45, 7) is 4.60. The molecule has 0 fully saturated rings. The first-order valence-electron chi connectivity index (χ1n) is 22.4. The average molecular weight is 847 g/mol. The van der Waals surface area contributed by atoms with Crippen LogP contribution in [0.25, 0.3) is 128 Å². The van der Waals surface area contributed by atoms with Gasteiger partial charge in [0.25, 0.3) is 0 Å². The van der Waals surface area contributed by atoms with E-state index in [-0.39, 0.29) is 5.41 Å². The maximum Gasteiger partial charge on any atom is 0.164 e. The number of rotatable bonds is 5. The number of benzene rings is 9. The lowest BCUT2D eigenvalue weighted by Crippen LogP contribution is -2.15. The lowest BCUT2D eigenvalue weighted by molar-refractivity contribution is 0.660. The topological polar surface area (TPSA) is 69.9 Å². The van der Waals surface area contributed by atoms with Gasteiger partial charge in [-0.25, -0.2) is 15.0 Å². The first-order chi connectivity index (χ1) is 32.5. The van der Waals surface area contributed by atoms with Crippen molar-refractivity contribution in [1.82, 2.24) is 19.5 Å². The highest BCUT2D eigenvalue weighted by Crippen LogP contribution is 2.50. The van der Waals surface area contributed by atoms with Gasteiger partial charge in [-0.15, -0.1) is 0 Å². The van der Waals surface area contributed by atoms with Crippen molar-refractivity contribution in [2.75, 3.05) is 0 Å². The highest BCUT2D eigenvalue weighted by atomic mass is 16.3. The highest BCUT2D eigenvalue weighted by molar-refractivity contribution is 6.16. The van der Waals surface area contributed by atoms with Gasteiger partial charge < -0.3 is 13.4 Å². The van der Waals surface area contributed by atoms with E-state index in [1.165, 1.54) is 33.0 Å². The van der Waals surface area contributed by atoms with Crippen LogP contribution in [-0.2, 0) is 5.41 Å². The van der Waals surface area contributed by atoms with Crippen LogP contribution in [-0.4, -0.2) is 19.5 Å². The Hall–Kier alpha value is -8.61. The maximum absolute atomic E-state index is 6.69. The molecule has 13 aromatic rings. The molecular formula is C60H38N4O2. The minimum Gasteiger partial charge on any atom is -0.456 e. The summed E-state index contributed by atoms with van der Waals surface area (Å²) >= 11 is 0. The van der Waals surface area contributed by atoms with Crippen molar-refractivity contribution in [3.8, 4) is 62.1 Å². The Bertz CT molecular complexity index is 4100. The fourth-order valence-electron chi connectivity index (χ4n) is 10.8. The maximum atomic E-state index is 6.69. The zero-order chi connectivity index (χ0) is 43.7. The number of hydrogen-bond donors (Lipinski definition) is 0. The van der Waals surface area contributed by atoms with E-state index in [9.17, 15) is 0 Å². The van der Waals surface area contributed by atoms with Crippen molar-refractivity contribution in [1.29, 1.82) is 0 Å². The normalized spacial score (nSPS) is 13.1. The van der Waals surface area contributed by atoms with Crippen molar-refractivity contribution < 1.29 is 8.83 Å². The van der Waals surface area contributed by atoms with E-state index in [1.807, 2.05) is 30.3 Å². The molecule has 0 N–H and O–H groups in total. The average Bonchev–Trinajstić information content (AvgIpc) is 4.10. The third-order valence-corrected chi connectivity index (χ3v) is 13.9. The van der Waals surface area contributed by atoms with Crippen LogP contribution in [0.2, 0.25) is 0 Å². The summed E-state index contributed by atoms with van der Waals surface area (Å²) < 4.78 is 15.6. The molecule has 1 aliphatic carbocycles. The summed E-state index contributed by atoms with van der Waals surface area (Å²) in [5.74, 6) is 1.82. The molecule has 0 aliphatic heterocycles. The number of furan rings is 2. The van der Waals surface area contributed by atoms with Gasteiger partial charge in [-0.3, -0.25) is 0 Å². The Labute approximate surface area is 379 Å². The van der Waals surface area contributed by atoms with Crippen LogP contribution in [0.5, 0.6) is 0 Å². The van der Waals surface area contributed by atoms with E-state index in [1.54, 1.807) is 0 Å². The van der Waals surface area contributed by atoms with Crippen molar-refractivity contribution in [2.24, 2.45) is 0 Å². The molecule has 4 aromatic heterocycles. The SMILES string of the molecule is CC1(C)c2ccccc2-c2ccc(-c3nc(-c4ccccc4)nc(-c4cccc5oc6ccc(-c7cccc8oc9cc(-n%10c%11ccccc%11c%11ccccc%11%10)ccc9c78)cc6c45)n3)cc21. The van der Waals surface area contributed by atoms with Crippen LogP contribution in [0.4, 0.5) is 0 Å². The van der Waals surface area contributed by atoms with Crippen molar-refractivity contribution in [3.63, 3.8) is 0 Å². The second-order valence-corrected chi connectivity index (χ2v) is 17.9. The Morgan fingerprint density at radius 1 is 0.364 bits per heavy atom. The Balaban J connectivity index is 0.923. The van der Waals surface area contributed by atoms with Crippen LogP contribution in [0.15, 0.2) is 203 Å². The largest absolute Gasteiger partial charge is 0.456 e. The van der Waals surface area contributed by atoms with E-state index < -0.39 is 0 Å². The van der Waals surface area contributed by atoms with Gasteiger partial charge in [0.15, 0.2) is 17.5 Å². The summed E-state index contributed by atoms with van der Waals surface area (Å²) in [5, 5.41) is 6.53. The molecule has 0 unspecified atom stereocenters. The van der Waals surface area contributed by atoms with Gasteiger partial charge in [-0.1, -0.05) is 147 Å². The van der Waals surface area contributed by atoms with Crippen LogP contribution in [0, 0.1) is 0 Å². The Morgan fingerprint density at radius 3 is 1.76 bits per heavy atom. The van der Waals surface area contributed by atoms with E-state index in [0.717, 1.165) is 88.4 Å². The standard InChI is InChI=1S/C60H38N4O2/c1-60(2)47-21-9-6-16-40(47)41-29-26-37(33-48(41)60)58-61-57(35-14-4-3-5-15-35)62-59(63-58)45-20-13-25-53-56(45)46-32-36(27-31-51(46)65-53)39-19-12-24-52-55(39)44-30-28-38(34-54(44)66-52)64-49-22-10-7-17-42(49)43-18-8-11-23-50(43)64/h3-34H,1-2H3. The minimum absolute atomic E-state index is 0.164. The highest BCUT2D eigenvalue weighted by Gasteiger charge is 2.35. The molecule has 66 heavy (non-hydrogen) atoms. The first-order valence-corrected chi connectivity index (χ1v) is 22.4. The molecule has 6 heteroatoms. The van der Waals surface area contributed by atoms with Gasteiger partial charge in [0, 0.05) is 66.2 Å². The summed E-state index contributed by atoms with van der Waals surface area (Å²) in [6, 6.07) is 68.2. The fraction of sp³-hybridized carbons (Fsp3) is 0.0500. The van der Waals surface area contributed by atoms with Gasteiger partial charge in [0.1, 0.15) is 22.3 Å². The monoisotopic (exact) mass is 846 g/mol. The zero-order valence-electron chi connectivity index (χ0n) is 36.1. The van der Waals surface area contributed by atoms with Crippen LogP contribution < -0.4 is 0 Å². The first kappa shape index (κ1) is 36.8. The summed E-state index contributed by atoms with van der Waals surface area (Å²) in [4.78, 5) is 15.6. The number of nitrogens with zero attached hydrogens (tertiary/aromatic N) is 4. The summed E-state index contributed by atoms with van der Waals surface area (Å²) in [5.41, 5.74) is 16.5. The molecule has 9 aromatic carbocycles. The van der Waals surface area contributed by atoms with E-state index in [2.05, 4.69) is 182 Å². The number of para-hydroxylation sites is 2. The molecule has 0 bridgehead atoms. The van der Waals surface area contributed by atoms with Gasteiger partial charge in [-0.05, 0) is 88.0 Å². The molecule has 310 valence electrons. The van der Waals surface area contributed by atoms with Crippen molar-refractivity contribution >= 4 is 65.7 Å². The Kier molecular flexibility index (Phi) is 7.64. The number of hydrogen-bond acceptors (Lipinski definition) is 5. The molecule has 0 radical (unpaired) electrons. The molecule has 4 heterocycles. The van der Waals surface area contributed by atoms with Gasteiger partial charge in [0.2, 0.25) is 0 Å². The molecule has 6 nitrogen and oxygen atoms in total. The van der Waals surface area contributed by atoms with Gasteiger partial charge >= 0.3 is 0 Å². The molecule has 0 spiro atoms. The third kappa shape index (κ3) is 5.33.